The maximum atomic E-state index is 11.7. The van der Waals surface area contributed by atoms with Crippen molar-refractivity contribution in [1.29, 1.82) is 0 Å². The Labute approximate surface area is 99.5 Å². The van der Waals surface area contributed by atoms with Crippen LogP contribution in [0.15, 0.2) is 0 Å². The zero-order valence-corrected chi connectivity index (χ0v) is 9.99. The first-order valence-corrected chi connectivity index (χ1v) is 5.54. The number of urea groups is 1. The van der Waals surface area contributed by atoms with Crippen molar-refractivity contribution in [2.45, 2.75) is 19.9 Å². The molecule has 1 unspecified atom stereocenters. The highest BCUT2D eigenvalue weighted by Crippen LogP contribution is 2.03. The van der Waals surface area contributed by atoms with Crippen LogP contribution in [0.5, 0.6) is 0 Å². The number of nitrogens with one attached hydrogen (secondary N) is 2. The molecule has 2 N–H and O–H groups in total. The van der Waals surface area contributed by atoms with Gasteiger partial charge in [0.2, 0.25) is 5.91 Å². The van der Waals surface area contributed by atoms with E-state index in [-0.39, 0.29) is 19.1 Å². The summed E-state index contributed by atoms with van der Waals surface area (Å²) in [6, 6.07) is -0.952. The number of hydrogen-bond donors (Lipinski definition) is 2. The van der Waals surface area contributed by atoms with Crippen molar-refractivity contribution in [1.82, 2.24) is 15.5 Å². The molecular weight excluding hydrogens is 226 g/mol. The molecule has 1 rings (SSSR count). The van der Waals surface area contributed by atoms with Gasteiger partial charge in [-0.25, -0.2) is 4.79 Å². The molecule has 7 nitrogen and oxygen atoms in total. The Morgan fingerprint density at radius 1 is 1.59 bits per heavy atom. The lowest BCUT2D eigenvalue weighted by Gasteiger charge is -2.32. The molecule has 1 atom stereocenters. The van der Waals surface area contributed by atoms with Crippen molar-refractivity contribution >= 4 is 17.9 Å². The predicted molar refractivity (Wildman–Crippen MR) is 59.2 cm³/mol. The van der Waals surface area contributed by atoms with Crippen molar-refractivity contribution in [2.75, 3.05) is 26.2 Å². The van der Waals surface area contributed by atoms with Crippen LogP contribution in [-0.2, 0) is 14.3 Å². The highest BCUT2D eigenvalue weighted by atomic mass is 16.5. The van der Waals surface area contributed by atoms with Gasteiger partial charge in [-0.1, -0.05) is 0 Å². The molecule has 0 radical (unpaired) electrons. The summed E-state index contributed by atoms with van der Waals surface area (Å²) in [7, 11) is 0. The first kappa shape index (κ1) is 13.3. The third-order valence-electron chi connectivity index (χ3n) is 2.45. The summed E-state index contributed by atoms with van der Waals surface area (Å²) in [6.45, 7) is 4.28. The summed E-state index contributed by atoms with van der Waals surface area (Å²) in [4.78, 5) is 35.4. The van der Waals surface area contributed by atoms with Gasteiger partial charge in [0.1, 0.15) is 12.6 Å². The molecule has 0 aromatic rings. The third kappa shape index (κ3) is 3.61. The van der Waals surface area contributed by atoms with Gasteiger partial charge in [0.15, 0.2) is 0 Å². The molecule has 0 saturated carbocycles. The lowest BCUT2D eigenvalue weighted by molar-refractivity contribution is -0.141. The molecule has 17 heavy (non-hydrogen) atoms. The van der Waals surface area contributed by atoms with E-state index in [1.807, 2.05) is 0 Å². The summed E-state index contributed by atoms with van der Waals surface area (Å²) in [6.07, 6.45) is 0. The number of hydrogen-bond acceptors (Lipinski definition) is 4. The van der Waals surface area contributed by atoms with E-state index in [4.69, 9.17) is 0 Å². The van der Waals surface area contributed by atoms with E-state index in [1.54, 1.807) is 13.8 Å². The first-order chi connectivity index (χ1) is 8.06. The van der Waals surface area contributed by atoms with Gasteiger partial charge in [0.25, 0.3) is 0 Å². The van der Waals surface area contributed by atoms with Crippen LogP contribution < -0.4 is 10.6 Å². The topological polar surface area (TPSA) is 87.7 Å². The molecule has 96 valence electrons. The van der Waals surface area contributed by atoms with E-state index >= 15 is 0 Å². The van der Waals surface area contributed by atoms with Crippen LogP contribution in [-0.4, -0.2) is 55.1 Å². The Hall–Kier alpha value is -1.79. The van der Waals surface area contributed by atoms with Crippen LogP contribution in [0.4, 0.5) is 4.79 Å². The molecule has 3 amide bonds. The number of carbonyl (C=O) groups excluding carboxylic acids is 3. The lowest BCUT2D eigenvalue weighted by Crippen LogP contribution is -2.58. The molecule has 0 aliphatic carbocycles. The van der Waals surface area contributed by atoms with E-state index in [0.717, 1.165) is 0 Å². The second-order valence-electron chi connectivity index (χ2n) is 3.62. The molecule has 1 aliphatic rings. The number of piperazine rings is 1. The Morgan fingerprint density at radius 2 is 2.29 bits per heavy atom. The van der Waals surface area contributed by atoms with Gasteiger partial charge in [-0.15, -0.1) is 0 Å². The second kappa shape index (κ2) is 6.07. The quantitative estimate of drug-likeness (QED) is 0.627. The SMILES string of the molecule is CCOC(=O)CNC(=O)N1CCNC(=O)C1C. The van der Waals surface area contributed by atoms with Crippen molar-refractivity contribution in [3.63, 3.8) is 0 Å². The van der Waals surface area contributed by atoms with Gasteiger partial charge < -0.3 is 20.3 Å². The number of amides is 3. The van der Waals surface area contributed by atoms with Gasteiger partial charge >= 0.3 is 12.0 Å². The maximum absolute atomic E-state index is 11.7. The highest BCUT2D eigenvalue weighted by molar-refractivity contribution is 5.89. The number of rotatable bonds is 3. The van der Waals surface area contributed by atoms with Gasteiger partial charge in [-0.3, -0.25) is 9.59 Å². The van der Waals surface area contributed by atoms with Crippen molar-refractivity contribution < 1.29 is 19.1 Å². The Morgan fingerprint density at radius 3 is 2.94 bits per heavy atom. The summed E-state index contributed by atoms with van der Waals surface area (Å²) < 4.78 is 4.68. The van der Waals surface area contributed by atoms with Gasteiger partial charge in [-0.2, -0.15) is 0 Å². The van der Waals surface area contributed by atoms with E-state index in [2.05, 4.69) is 15.4 Å². The summed E-state index contributed by atoms with van der Waals surface area (Å²) in [5.74, 6) is -0.683. The van der Waals surface area contributed by atoms with E-state index in [1.165, 1.54) is 4.90 Å². The largest absolute Gasteiger partial charge is 0.465 e. The maximum Gasteiger partial charge on any atom is 0.325 e. The molecule has 1 saturated heterocycles. The van der Waals surface area contributed by atoms with Crippen molar-refractivity contribution in [3.8, 4) is 0 Å². The Kier molecular flexibility index (Phi) is 4.74. The van der Waals surface area contributed by atoms with E-state index < -0.39 is 18.0 Å². The van der Waals surface area contributed by atoms with Crippen LogP contribution >= 0.6 is 0 Å². The molecule has 1 heterocycles. The number of nitrogens with zero attached hydrogens (tertiary/aromatic N) is 1. The average Bonchev–Trinajstić information content (AvgIpc) is 2.30. The van der Waals surface area contributed by atoms with E-state index in [0.29, 0.717) is 13.1 Å². The van der Waals surface area contributed by atoms with Gasteiger partial charge in [0, 0.05) is 13.1 Å². The molecule has 7 heteroatoms. The fraction of sp³-hybridized carbons (Fsp3) is 0.700. The molecule has 0 aromatic heterocycles. The highest BCUT2D eigenvalue weighted by Gasteiger charge is 2.29. The number of esters is 1. The van der Waals surface area contributed by atoms with Gasteiger partial charge in [-0.05, 0) is 13.8 Å². The van der Waals surface area contributed by atoms with Gasteiger partial charge in [0.05, 0.1) is 6.61 Å². The monoisotopic (exact) mass is 243 g/mol. The van der Waals surface area contributed by atoms with E-state index in [9.17, 15) is 14.4 Å². The summed E-state index contributed by atoms with van der Waals surface area (Å²) in [5, 5.41) is 5.07. The second-order valence-corrected chi connectivity index (χ2v) is 3.62. The fourth-order valence-corrected chi connectivity index (χ4v) is 1.52. The Balaban J connectivity index is 2.41. The molecule has 1 aliphatic heterocycles. The molecule has 0 spiro atoms. The molecule has 0 bridgehead atoms. The number of carbonyl (C=O) groups is 3. The average molecular weight is 243 g/mol. The standard InChI is InChI=1S/C10H17N3O4/c1-3-17-8(14)6-12-10(16)13-5-4-11-9(15)7(13)2/h7H,3-6H2,1-2H3,(H,11,15)(H,12,16). The normalized spacial score (nSPS) is 19.5. The summed E-state index contributed by atoms with van der Waals surface area (Å²) >= 11 is 0. The zero-order valence-electron chi connectivity index (χ0n) is 9.99. The van der Waals surface area contributed by atoms with Crippen LogP contribution in [0.1, 0.15) is 13.8 Å². The molecular formula is C10H17N3O4. The molecule has 1 fully saturated rings. The van der Waals surface area contributed by atoms with Crippen LogP contribution in [0.2, 0.25) is 0 Å². The minimum absolute atomic E-state index is 0.183. The smallest absolute Gasteiger partial charge is 0.325 e. The van der Waals surface area contributed by atoms with Crippen LogP contribution in [0.3, 0.4) is 0 Å². The summed E-state index contributed by atoms with van der Waals surface area (Å²) in [5.41, 5.74) is 0. The zero-order chi connectivity index (χ0) is 12.8. The fourth-order valence-electron chi connectivity index (χ4n) is 1.52. The van der Waals surface area contributed by atoms with Crippen LogP contribution in [0, 0.1) is 0 Å². The lowest BCUT2D eigenvalue weighted by atomic mass is 10.2. The Bertz CT molecular complexity index is 319. The number of ether oxygens (including phenoxy) is 1. The van der Waals surface area contributed by atoms with Crippen molar-refractivity contribution in [2.24, 2.45) is 0 Å². The minimum atomic E-state index is -0.522. The predicted octanol–water partition coefficient (Wildman–Crippen LogP) is -0.921. The van der Waals surface area contributed by atoms with Crippen LogP contribution in [0.25, 0.3) is 0 Å². The first-order valence-electron chi connectivity index (χ1n) is 5.54. The third-order valence-corrected chi connectivity index (χ3v) is 2.45. The molecule has 0 aromatic carbocycles. The minimum Gasteiger partial charge on any atom is -0.465 e. The van der Waals surface area contributed by atoms with Crippen molar-refractivity contribution in [3.05, 3.63) is 0 Å².